The number of halogens is 1. The van der Waals surface area contributed by atoms with Crippen LogP contribution in [0.25, 0.3) is 0 Å². The van der Waals surface area contributed by atoms with Crippen molar-refractivity contribution in [3.8, 4) is 0 Å². The molecule has 10 heavy (non-hydrogen) atoms. The molecule has 2 nitrogen and oxygen atoms in total. The van der Waals surface area contributed by atoms with Gasteiger partial charge in [-0.05, 0) is 34.1 Å². The van der Waals surface area contributed by atoms with Gasteiger partial charge in [-0.25, -0.2) is 0 Å². The quantitative estimate of drug-likeness (QED) is 0.539. The third-order valence-electron chi connectivity index (χ3n) is 1.19. The van der Waals surface area contributed by atoms with Crippen LogP contribution in [0.15, 0.2) is 24.3 Å². The van der Waals surface area contributed by atoms with E-state index in [2.05, 4.69) is 22.6 Å². The molecule has 4 heteroatoms. The Balaban J connectivity index is 2.96. The first-order valence-electron chi connectivity index (χ1n) is 2.89. The molecule has 52 valence electrons. The molecule has 0 heterocycles. The fourth-order valence-corrected chi connectivity index (χ4v) is 1.26. The van der Waals surface area contributed by atoms with Crippen molar-refractivity contribution in [3.63, 3.8) is 0 Å². The van der Waals surface area contributed by atoms with E-state index < -0.39 is 7.05 Å². The van der Waals surface area contributed by atoms with Crippen LogP contribution in [0.2, 0.25) is 0 Å². The molecule has 0 unspecified atom stereocenters. The Morgan fingerprint density at radius 3 is 2.60 bits per heavy atom. The summed E-state index contributed by atoms with van der Waals surface area (Å²) in [5.74, 6) is 0. The minimum absolute atomic E-state index is 0.756. The number of rotatable bonds is 1. The molecule has 1 aromatic rings. The van der Waals surface area contributed by atoms with Crippen LogP contribution in [-0.2, 0) is 0 Å². The van der Waals surface area contributed by atoms with Crippen LogP contribution in [0.4, 0.5) is 0 Å². The highest BCUT2D eigenvalue weighted by Crippen LogP contribution is 1.99. The van der Waals surface area contributed by atoms with Crippen molar-refractivity contribution in [1.29, 1.82) is 0 Å². The van der Waals surface area contributed by atoms with Crippen molar-refractivity contribution < 1.29 is 5.02 Å². The van der Waals surface area contributed by atoms with Crippen molar-refractivity contribution in [2.45, 2.75) is 0 Å². The number of benzene rings is 1. The maximum Gasteiger partial charge on any atom is 0.410 e. The largest absolute Gasteiger partial charge is 0.434 e. The smallest absolute Gasteiger partial charge is 0.410 e. The number of nitrogens with two attached hydrogens (primary N) is 1. The topological polar surface area (TPSA) is 46.2 Å². The van der Waals surface area contributed by atoms with Crippen molar-refractivity contribution in [3.05, 3.63) is 27.8 Å². The fourth-order valence-electron chi connectivity index (χ4n) is 0.691. The van der Waals surface area contributed by atoms with Gasteiger partial charge in [0.25, 0.3) is 0 Å². The molecule has 0 fully saturated rings. The highest BCUT2D eigenvalue weighted by atomic mass is 127. The van der Waals surface area contributed by atoms with E-state index in [1.165, 1.54) is 0 Å². The second-order valence-corrected chi connectivity index (χ2v) is 3.25. The summed E-state index contributed by atoms with van der Waals surface area (Å²) < 4.78 is 1.08. The Morgan fingerprint density at radius 1 is 1.50 bits per heavy atom. The summed E-state index contributed by atoms with van der Waals surface area (Å²) >= 11 is 2.17. The standard InChI is InChI=1S/C6H7BINO/c8-6-3-1-2-5(4-6)7(9)10/h1-4,10H,9H2. The second kappa shape index (κ2) is 3.36. The highest BCUT2D eigenvalue weighted by molar-refractivity contribution is 14.1. The molecular weight excluding hydrogens is 240 g/mol. The van der Waals surface area contributed by atoms with Crippen molar-refractivity contribution >= 4 is 35.1 Å². The van der Waals surface area contributed by atoms with Crippen LogP contribution in [0.1, 0.15) is 0 Å². The van der Waals surface area contributed by atoms with E-state index in [0.29, 0.717) is 0 Å². The van der Waals surface area contributed by atoms with Gasteiger partial charge in [0.2, 0.25) is 0 Å². The Kier molecular flexibility index (Phi) is 2.70. The lowest BCUT2D eigenvalue weighted by molar-refractivity contribution is 0.588. The zero-order chi connectivity index (χ0) is 7.56. The first-order chi connectivity index (χ1) is 4.70. The summed E-state index contributed by atoms with van der Waals surface area (Å²) in [5, 5.41) is 8.92. The Bertz CT molecular complexity index is 229. The van der Waals surface area contributed by atoms with E-state index in [4.69, 9.17) is 10.7 Å². The van der Waals surface area contributed by atoms with Crippen LogP contribution in [0.3, 0.4) is 0 Å². The minimum atomic E-state index is -0.852. The van der Waals surface area contributed by atoms with Crippen LogP contribution < -0.4 is 11.1 Å². The molecule has 0 atom stereocenters. The van der Waals surface area contributed by atoms with Crippen molar-refractivity contribution in [2.24, 2.45) is 5.64 Å². The van der Waals surface area contributed by atoms with Gasteiger partial charge in [-0.3, -0.25) is 0 Å². The van der Waals surface area contributed by atoms with Crippen LogP contribution in [0, 0.1) is 3.57 Å². The van der Waals surface area contributed by atoms with Crippen molar-refractivity contribution in [2.75, 3.05) is 0 Å². The van der Waals surface area contributed by atoms with Gasteiger partial charge in [-0.1, -0.05) is 18.2 Å². The Morgan fingerprint density at radius 2 is 2.20 bits per heavy atom. The van der Waals surface area contributed by atoms with Gasteiger partial charge in [0.05, 0.1) is 0 Å². The fraction of sp³-hybridized carbons (Fsp3) is 0. The Labute approximate surface area is 73.7 Å². The molecule has 0 aliphatic rings. The molecule has 0 aromatic heterocycles. The zero-order valence-corrected chi connectivity index (χ0v) is 7.45. The van der Waals surface area contributed by atoms with Crippen LogP contribution >= 0.6 is 22.6 Å². The van der Waals surface area contributed by atoms with Crippen molar-refractivity contribution in [1.82, 2.24) is 0 Å². The molecular formula is C6H7BINO. The molecule has 0 saturated heterocycles. The molecule has 0 aliphatic carbocycles. The van der Waals surface area contributed by atoms with Gasteiger partial charge in [-0.15, -0.1) is 0 Å². The molecule has 0 saturated carbocycles. The number of hydrogen-bond donors (Lipinski definition) is 2. The molecule has 0 spiro atoms. The predicted molar refractivity (Wildman–Crippen MR) is 51.0 cm³/mol. The second-order valence-electron chi connectivity index (χ2n) is 2.00. The third kappa shape index (κ3) is 1.97. The zero-order valence-electron chi connectivity index (χ0n) is 5.29. The number of hydrogen-bond acceptors (Lipinski definition) is 2. The monoisotopic (exact) mass is 247 g/mol. The third-order valence-corrected chi connectivity index (χ3v) is 1.86. The van der Waals surface area contributed by atoms with Gasteiger partial charge >= 0.3 is 7.05 Å². The van der Waals surface area contributed by atoms with E-state index in [1.807, 2.05) is 18.2 Å². The van der Waals surface area contributed by atoms with Gasteiger partial charge in [0.15, 0.2) is 0 Å². The minimum Gasteiger partial charge on any atom is -0.434 e. The first kappa shape index (κ1) is 8.04. The van der Waals surface area contributed by atoms with Gasteiger partial charge in [0, 0.05) is 3.57 Å². The summed E-state index contributed by atoms with van der Waals surface area (Å²) in [5.41, 5.74) is 5.99. The molecule has 1 rings (SSSR count). The van der Waals surface area contributed by atoms with Gasteiger partial charge < -0.3 is 10.7 Å². The summed E-state index contributed by atoms with van der Waals surface area (Å²) in [6.07, 6.45) is 0. The van der Waals surface area contributed by atoms with Crippen LogP contribution in [0.5, 0.6) is 0 Å². The van der Waals surface area contributed by atoms with Crippen LogP contribution in [-0.4, -0.2) is 12.1 Å². The van der Waals surface area contributed by atoms with E-state index in [9.17, 15) is 0 Å². The molecule has 0 radical (unpaired) electrons. The SMILES string of the molecule is NB(O)c1cccc(I)c1. The van der Waals surface area contributed by atoms with E-state index >= 15 is 0 Å². The molecule has 0 amide bonds. The lowest BCUT2D eigenvalue weighted by atomic mass is 9.76. The normalized spacial score (nSPS) is 9.50. The Hall–Kier alpha value is -0.0651. The van der Waals surface area contributed by atoms with E-state index in [0.717, 1.165) is 9.03 Å². The first-order valence-corrected chi connectivity index (χ1v) is 3.97. The molecule has 3 N–H and O–H groups in total. The van der Waals surface area contributed by atoms with Gasteiger partial charge in [0.1, 0.15) is 0 Å². The maximum atomic E-state index is 8.92. The molecule has 0 bridgehead atoms. The molecule has 1 aromatic carbocycles. The molecule has 0 aliphatic heterocycles. The maximum absolute atomic E-state index is 8.92. The average molecular weight is 247 g/mol. The van der Waals surface area contributed by atoms with E-state index in [-0.39, 0.29) is 0 Å². The lowest BCUT2D eigenvalue weighted by Crippen LogP contribution is -2.39. The lowest BCUT2D eigenvalue weighted by Gasteiger charge is -1.98. The predicted octanol–water partition coefficient (Wildman–Crippen LogP) is -0.0626. The highest BCUT2D eigenvalue weighted by Gasteiger charge is 2.06. The summed E-state index contributed by atoms with van der Waals surface area (Å²) in [6.45, 7) is 0. The summed E-state index contributed by atoms with van der Waals surface area (Å²) in [4.78, 5) is 0. The van der Waals surface area contributed by atoms with Gasteiger partial charge in [-0.2, -0.15) is 0 Å². The summed E-state index contributed by atoms with van der Waals surface area (Å²) in [6, 6.07) is 7.47. The summed E-state index contributed by atoms with van der Waals surface area (Å²) in [7, 11) is -0.852. The van der Waals surface area contributed by atoms with E-state index in [1.54, 1.807) is 6.07 Å². The average Bonchev–Trinajstić information content (AvgIpc) is 1.88.